The van der Waals surface area contributed by atoms with Gasteiger partial charge in [-0.2, -0.15) is 0 Å². The molecule has 8 heteroatoms. The third kappa shape index (κ3) is 4.07. The zero-order valence-electron chi connectivity index (χ0n) is 15.5. The Kier molecular flexibility index (Phi) is 5.19. The van der Waals surface area contributed by atoms with Crippen LogP contribution in [0.3, 0.4) is 0 Å². The van der Waals surface area contributed by atoms with Crippen LogP contribution in [0.25, 0.3) is 0 Å². The van der Waals surface area contributed by atoms with Crippen LogP contribution in [0.4, 0.5) is 0 Å². The summed E-state index contributed by atoms with van der Waals surface area (Å²) in [6, 6.07) is 0.228. The van der Waals surface area contributed by atoms with E-state index in [0.717, 1.165) is 46.6 Å². The molecule has 0 bridgehead atoms. The summed E-state index contributed by atoms with van der Waals surface area (Å²) >= 11 is 1.64. The van der Waals surface area contributed by atoms with E-state index in [-0.39, 0.29) is 11.9 Å². The number of thiazole rings is 1. The van der Waals surface area contributed by atoms with E-state index in [1.54, 1.807) is 11.3 Å². The lowest BCUT2D eigenvalue weighted by Gasteiger charge is -2.35. The van der Waals surface area contributed by atoms with Gasteiger partial charge < -0.3 is 14.8 Å². The number of aryl methyl sites for hydroxylation is 2. The molecule has 136 valence electrons. The Hall–Kier alpha value is -1.80. The van der Waals surface area contributed by atoms with Gasteiger partial charge in [0, 0.05) is 23.9 Å². The highest BCUT2D eigenvalue weighted by atomic mass is 32.1. The Morgan fingerprint density at radius 3 is 2.64 bits per heavy atom. The molecule has 1 amide bonds. The van der Waals surface area contributed by atoms with Crippen LogP contribution in [0.5, 0.6) is 0 Å². The molecule has 0 aliphatic heterocycles. The minimum Gasteiger partial charge on any atom is -0.353 e. The van der Waals surface area contributed by atoms with Gasteiger partial charge in [0.15, 0.2) is 0 Å². The van der Waals surface area contributed by atoms with Gasteiger partial charge in [-0.25, -0.2) is 4.98 Å². The number of rotatable bonds is 6. The highest BCUT2D eigenvalue weighted by molar-refractivity contribution is 7.11. The number of carbonyl (C=O) groups excluding carboxylic acids is 1. The van der Waals surface area contributed by atoms with E-state index in [1.807, 2.05) is 35.0 Å². The maximum Gasteiger partial charge on any atom is 0.226 e. The summed E-state index contributed by atoms with van der Waals surface area (Å²) in [6.45, 7) is 4.77. The average Bonchev–Trinajstić information content (AvgIpc) is 2.97. The van der Waals surface area contributed by atoms with Crippen LogP contribution in [0, 0.1) is 13.8 Å². The molecule has 7 nitrogen and oxygen atoms in total. The molecule has 0 saturated heterocycles. The fourth-order valence-corrected chi connectivity index (χ4v) is 4.10. The van der Waals surface area contributed by atoms with E-state index in [1.165, 1.54) is 0 Å². The summed E-state index contributed by atoms with van der Waals surface area (Å²) in [5, 5.41) is 12.8. The molecule has 1 saturated carbocycles. The third-order valence-corrected chi connectivity index (χ3v) is 5.58. The molecule has 1 fully saturated rings. The van der Waals surface area contributed by atoms with Crippen LogP contribution in [-0.2, 0) is 24.8 Å². The van der Waals surface area contributed by atoms with Crippen molar-refractivity contribution in [2.24, 2.45) is 7.05 Å². The Labute approximate surface area is 152 Å². The summed E-state index contributed by atoms with van der Waals surface area (Å²) in [6.07, 6.45) is 2.22. The Morgan fingerprint density at radius 1 is 1.32 bits per heavy atom. The summed E-state index contributed by atoms with van der Waals surface area (Å²) in [4.78, 5) is 19.9. The van der Waals surface area contributed by atoms with Gasteiger partial charge in [-0.3, -0.25) is 4.79 Å². The van der Waals surface area contributed by atoms with Crippen molar-refractivity contribution in [3.63, 3.8) is 0 Å². The largest absolute Gasteiger partial charge is 0.353 e. The minimum absolute atomic E-state index is 0.0584. The van der Waals surface area contributed by atoms with Crippen molar-refractivity contribution in [1.82, 2.24) is 30.0 Å². The molecule has 3 rings (SSSR count). The molecule has 0 unspecified atom stereocenters. The second-order valence-electron chi connectivity index (χ2n) is 7.12. The van der Waals surface area contributed by atoms with Crippen molar-refractivity contribution in [2.75, 3.05) is 14.1 Å². The zero-order valence-corrected chi connectivity index (χ0v) is 16.4. The lowest BCUT2D eigenvalue weighted by atomic mass is 9.79. The predicted molar refractivity (Wildman–Crippen MR) is 97.6 cm³/mol. The monoisotopic (exact) mass is 362 g/mol. The number of carbonyl (C=O) groups is 1. The molecule has 2 heterocycles. The molecule has 1 N–H and O–H groups in total. The molecule has 0 radical (unpaired) electrons. The second-order valence-corrected chi connectivity index (χ2v) is 8.52. The van der Waals surface area contributed by atoms with E-state index in [2.05, 4.69) is 30.0 Å². The lowest BCUT2D eigenvalue weighted by molar-refractivity contribution is -0.121. The quantitative estimate of drug-likeness (QED) is 0.844. The summed E-state index contributed by atoms with van der Waals surface area (Å²) in [5.41, 5.74) is 0.900. The fourth-order valence-electron chi connectivity index (χ4n) is 3.26. The molecule has 25 heavy (non-hydrogen) atoms. The predicted octanol–water partition coefficient (Wildman–Crippen LogP) is 1.55. The summed E-state index contributed by atoms with van der Waals surface area (Å²) in [5.74, 6) is 2.43. The van der Waals surface area contributed by atoms with Gasteiger partial charge in [0.05, 0.1) is 23.7 Å². The minimum atomic E-state index is 0.0584. The molecule has 0 atom stereocenters. The number of aromatic nitrogens is 4. The Bertz CT molecular complexity index is 759. The Balaban J connectivity index is 1.50. The van der Waals surface area contributed by atoms with Crippen molar-refractivity contribution in [2.45, 2.75) is 51.6 Å². The molecule has 0 aromatic carbocycles. The van der Waals surface area contributed by atoms with Gasteiger partial charge >= 0.3 is 0 Å². The number of hydrogen-bond donors (Lipinski definition) is 1. The maximum atomic E-state index is 12.2. The van der Waals surface area contributed by atoms with Crippen molar-refractivity contribution in [3.8, 4) is 0 Å². The first-order valence-corrected chi connectivity index (χ1v) is 9.40. The van der Waals surface area contributed by atoms with E-state index < -0.39 is 0 Å². The first kappa shape index (κ1) is 18.0. The standard InChI is InChI=1S/C17H26N6OS/c1-10-14(18-11(2)25-10)8-16(24)19-13-6-12(7-13)17-21-20-15(23(17)5)9-22(3)4/h12-13H,6-9H2,1-5H3,(H,19,24). The van der Waals surface area contributed by atoms with Gasteiger partial charge in [0.1, 0.15) is 11.6 Å². The van der Waals surface area contributed by atoms with E-state index in [4.69, 9.17) is 0 Å². The molecular formula is C17H26N6OS. The highest BCUT2D eigenvalue weighted by Crippen LogP contribution is 2.36. The van der Waals surface area contributed by atoms with Crippen molar-refractivity contribution in [1.29, 1.82) is 0 Å². The highest BCUT2D eigenvalue weighted by Gasteiger charge is 2.35. The molecule has 1 aliphatic carbocycles. The fraction of sp³-hybridized carbons (Fsp3) is 0.647. The summed E-state index contributed by atoms with van der Waals surface area (Å²) < 4.78 is 2.09. The topological polar surface area (TPSA) is 75.9 Å². The van der Waals surface area contributed by atoms with Crippen LogP contribution in [0.1, 0.15) is 46.0 Å². The smallest absolute Gasteiger partial charge is 0.226 e. The van der Waals surface area contributed by atoms with Crippen LogP contribution >= 0.6 is 11.3 Å². The van der Waals surface area contributed by atoms with Crippen molar-refractivity contribution < 1.29 is 4.79 Å². The van der Waals surface area contributed by atoms with Crippen LogP contribution < -0.4 is 5.32 Å². The second kappa shape index (κ2) is 7.21. The number of nitrogens with one attached hydrogen (secondary N) is 1. The maximum absolute atomic E-state index is 12.2. The van der Waals surface area contributed by atoms with Crippen LogP contribution in [0.2, 0.25) is 0 Å². The normalized spacial score (nSPS) is 19.9. The van der Waals surface area contributed by atoms with Gasteiger partial charge in [-0.15, -0.1) is 21.5 Å². The molecule has 2 aromatic rings. The van der Waals surface area contributed by atoms with Crippen LogP contribution in [0.15, 0.2) is 0 Å². The molecule has 2 aromatic heterocycles. The van der Waals surface area contributed by atoms with E-state index in [0.29, 0.717) is 12.3 Å². The van der Waals surface area contributed by atoms with Gasteiger partial charge in [0.2, 0.25) is 5.91 Å². The van der Waals surface area contributed by atoms with Gasteiger partial charge in [-0.1, -0.05) is 0 Å². The molecule has 0 spiro atoms. The number of nitrogens with zero attached hydrogens (tertiary/aromatic N) is 5. The Morgan fingerprint density at radius 2 is 2.04 bits per heavy atom. The summed E-state index contributed by atoms with van der Waals surface area (Å²) in [7, 11) is 6.07. The van der Waals surface area contributed by atoms with E-state index in [9.17, 15) is 4.79 Å². The van der Waals surface area contributed by atoms with Crippen LogP contribution in [-0.4, -0.2) is 50.7 Å². The van der Waals surface area contributed by atoms with Crippen molar-refractivity contribution >= 4 is 17.2 Å². The lowest BCUT2D eigenvalue weighted by Crippen LogP contribution is -2.44. The van der Waals surface area contributed by atoms with Gasteiger partial charge in [0.25, 0.3) is 0 Å². The van der Waals surface area contributed by atoms with Crippen molar-refractivity contribution in [3.05, 3.63) is 27.2 Å². The average molecular weight is 363 g/mol. The molecular weight excluding hydrogens is 336 g/mol. The first-order valence-electron chi connectivity index (χ1n) is 8.58. The SMILES string of the molecule is Cc1nc(CC(=O)NC2CC(c3nnc(CN(C)C)n3C)C2)c(C)s1. The third-order valence-electron chi connectivity index (χ3n) is 4.65. The zero-order chi connectivity index (χ0) is 18.1. The first-order chi connectivity index (χ1) is 11.8. The molecule has 1 aliphatic rings. The number of hydrogen-bond acceptors (Lipinski definition) is 6. The van der Waals surface area contributed by atoms with Gasteiger partial charge in [-0.05, 0) is 40.8 Å². The van der Waals surface area contributed by atoms with E-state index >= 15 is 0 Å². The number of amides is 1.